The topological polar surface area (TPSA) is 59.4 Å². The lowest BCUT2D eigenvalue weighted by Gasteiger charge is -2.44. The standard InChI is InChI=1S/C22H27F3N4O2/c1-15-19(14-27-29(15)17-7-9-18(10-8-17)31-22(23,24)25)21(30)26-13-16-5-4-12-28-11-3-2-6-20(16)28/h7-10,14,16,20H,2-6,11-13H2,1H3,(H,26,30)/t16-,20-/m1/s1. The highest BCUT2D eigenvalue weighted by Crippen LogP contribution is 2.30. The van der Waals surface area contributed by atoms with Crippen molar-refractivity contribution in [1.82, 2.24) is 20.0 Å². The molecular weight excluding hydrogens is 409 g/mol. The van der Waals surface area contributed by atoms with Gasteiger partial charge in [-0.1, -0.05) is 6.42 Å². The second kappa shape index (κ2) is 8.90. The fourth-order valence-electron chi connectivity index (χ4n) is 4.82. The summed E-state index contributed by atoms with van der Waals surface area (Å²) < 4.78 is 42.4. The molecule has 2 fully saturated rings. The average molecular weight is 436 g/mol. The minimum atomic E-state index is -4.73. The number of alkyl halides is 3. The number of carbonyl (C=O) groups is 1. The zero-order valence-electron chi connectivity index (χ0n) is 17.5. The van der Waals surface area contributed by atoms with Crippen LogP contribution in [0.3, 0.4) is 0 Å². The molecular formula is C22H27F3N4O2. The maximum Gasteiger partial charge on any atom is 0.573 e. The second-order valence-corrected chi connectivity index (χ2v) is 8.31. The highest BCUT2D eigenvalue weighted by Gasteiger charge is 2.33. The van der Waals surface area contributed by atoms with Crippen LogP contribution in [0, 0.1) is 12.8 Å². The first-order valence-electron chi connectivity index (χ1n) is 10.7. The van der Waals surface area contributed by atoms with E-state index in [0.29, 0.717) is 35.4 Å². The zero-order valence-corrected chi connectivity index (χ0v) is 17.5. The molecule has 0 unspecified atom stereocenters. The number of hydrogen-bond donors (Lipinski definition) is 1. The van der Waals surface area contributed by atoms with Gasteiger partial charge in [0.1, 0.15) is 5.75 Å². The van der Waals surface area contributed by atoms with E-state index < -0.39 is 6.36 Å². The van der Waals surface area contributed by atoms with Crippen molar-refractivity contribution < 1.29 is 22.7 Å². The SMILES string of the molecule is Cc1c(C(=O)NC[C@H]2CCCN3CCCC[C@H]23)cnn1-c1ccc(OC(F)(F)F)cc1. The lowest BCUT2D eigenvalue weighted by molar-refractivity contribution is -0.274. The summed E-state index contributed by atoms with van der Waals surface area (Å²) in [7, 11) is 0. The van der Waals surface area contributed by atoms with Crippen LogP contribution in [0.2, 0.25) is 0 Å². The fourth-order valence-corrected chi connectivity index (χ4v) is 4.82. The normalized spacial score (nSPS) is 22.1. The minimum absolute atomic E-state index is 0.172. The van der Waals surface area contributed by atoms with E-state index in [1.54, 1.807) is 6.92 Å². The fraction of sp³-hybridized carbons (Fsp3) is 0.545. The van der Waals surface area contributed by atoms with E-state index in [0.717, 1.165) is 19.5 Å². The van der Waals surface area contributed by atoms with Gasteiger partial charge in [0.05, 0.1) is 23.1 Å². The number of halogens is 3. The number of ether oxygens (including phenoxy) is 1. The van der Waals surface area contributed by atoms with Gasteiger partial charge in [-0.15, -0.1) is 13.2 Å². The van der Waals surface area contributed by atoms with Crippen molar-refractivity contribution in [1.29, 1.82) is 0 Å². The van der Waals surface area contributed by atoms with Crippen LogP contribution < -0.4 is 10.1 Å². The number of hydrogen-bond acceptors (Lipinski definition) is 4. The number of carbonyl (C=O) groups excluding carboxylic acids is 1. The Bertz CT molecular complexity index is 908. The van der Waals surface area contributed by atoms with Crippen molar-refractivity contribution in [2.24, 2.45) is 5.92 Å². The van der Waals surface area contributed by atoms with Gasteiger partial charge in [-0.25, -0.2) is 4.68 Å². The summed E-state index contributed by atoms with van der Waals surface area (Å²) in [5, 5.41) is 7.33. The summed E-state index contributed by atoms with van der Waals surface area (Å²) in [5.74, 6) is -0.00787. The van der Waals surface area contributed by atoms with Crippen LogP contribution in [-0.4, -0.2) is 52.6 Å². The Morgan fingerprint density at radius 3 is 2.65 bits per heavy atom. The number of rotatable bonds is 5. The molecule has 2 aliphatic rings. The number of fused-ring (bicyclic) bond motifs is 1. The second-order valence-electron chi connectivity index (χ2n) is 8.31. The third kappa shape index (κ3) is 5.03. The first kappa shape index (κ1) is 21.7. The molecule has 6 nitrogen and oxygen atoms in total. The first-order chi connectivity index (χ1) is 14.8. The molecule has 2 aliphatic heterocycles. The molecule has 1 aromatic heterocycles. The number of aromatic nitrogens is 2. The van der Waals surface area contributed by atoms with Crippen molar-refractivity contribution in [2.45, 2.75) is 51.4 Å². The Hall–Kier alpha value is -2.55. The van der Waals surface area contributed by atoms with Gasteiger partial charge in [-0.05, 0) is 75.9 Å². The zero-order chi connectivity index (χ0) is 22.0. The minimum Gasteiger partial charge on any atom is -0.406 e. The Kier molecular flexibility index (Phi) is 6.22. The van der Waals surface area contributed by atoms with Gasteiger partial charge >= 0.3 is 6.36 Å². The highest BCUT2D eigenvalue weighted by molar-refractivity contribution is 5.95. The van der Waals surface area contributed by atoms with Crippen LogP contribution in [0.4, 0.5) is 13.2 Å². The largest absolute Gasteiger partial charge is 0.573 e. The molecule has 0 bridgehead atoms. The van der Waals surface area contributed by atoms with E-state index >= 15 is 0 Å². The van der Waals surface area contributed by atoms with E-state index in [2.05, 4.69) is 20.1 Å². The molecule has 1 aromatic carbocycles. The predicted molar refractivity (Wildman–Crippen MR) is 109 cm³/mol. The smallest absolute Gasteiger partial charge is 0.406 e. The quantitative estimate of drug-likeness (QED) is 0.768. The molecule has 31 heavy (non-hydrogen) atoms. The third-order valence-corrected chi connectivity index (χ3v) is 6.32. The molecule has 0 saturated carbocycles. The molecule has 9 heteroatoms. The predicted octanol–water partition coefficient (Wildman–Crippen LogP) is 4.07. The molecule has 2 saturated heterocycles. The Morgan fingerprint density at radius 1 is 1.16 bits per heavy atom. The van der Waals surface area contributed by atoms with Crippen molar-refractivity contribution in [2.75, 3.05) is 19.6 Å². The molecule has 0 aliphatic carbocycles. The maximum atomic E-state index is 12.8. The summed E-state index contributed by atoms with van der Waals surface area (Å²) >= 11 is 0. The summed E-state index contributed by atoms with van der Waals surface area (Å²) in [6.45, 7) is 4.74. The maximum absolute atomic E-state index is 12.8. The van der Waals surface area contributed by atoms with Crippen molar-refractivity contribution >= 4 is 5.91 Å². The molecule has 1 N–H and O–H groups in total. The summed E-state index contributed by atoms with van der Waals surface area (Å²) in [5.41, 5.74) is 1.65. The molecule has 168 valence electrons. The van der Waals surface area contributed by atoms with Crippen molar-refractivity contribution in [3.05, 3.63) is 41.7 Å². The van der Waals surface area contributed by atoms with Gasteiger partial charge < -0.3 is 15.0 Å². The van der Waals surface area contributed by atoms with Crippen molar-refractivity contribution in [3.63, 3.8) is 0 Å². The van der Waals surface area contributed by atoms with Crippen LogP contribution in [-0.2, 0) is 0 Å². The van der Waals surface area contributed by atoms with E-state index in [9.17, 15) is 18.0 Å². The summed E-state index contributed by atoms with van der Waals surface area (Å²) in [4.78, 5) is 15.4. The monoisotopic (exact) mass is 436 g/mol. The van der Waals surface area contributed by atoms with E-state index in [1.165, 1.54) is 60.8 Å². The molecule has 2 atom stereocenters. The summed E-state index contributed by atoms with van der Waals surface area (Å²) in [6, 6.07) is 5.96. The number of nitrogens with zero attached hydrogens (tertiary/aromatic N) is 3. The van der Waals surface area contributed by atoms with Crippen LogP contribution in [0.25, 0.3) is 5.69 Å². The highest BCUT2D eigenvalue weighted by atomic mass is 19.4. The molecule has 0 spiro atoms. The van der Waals surface area contributed by atoms with Gasteiger partial charge in [-0.3, -0.25) is 4.79 Å². The lowest BCUT2D eigenvalue weighted by Crippen LogP contribution is -2.51. The lowest BCUT2D eigenvalue weighted by atomic mass is 9.83. The van der Waals surface area contributed by atoms with Crippen molar-refractivity contribution in [3.8, 4) is 11.4 Å². The van der Waals surface area contributed by atoms with Crippen LogP contribution in [0.5, 0.6) is 5.75 Å². The summed E-state index contributed by atoms with van der Waals surface area (Å²) in [6.07, 6.45) is 2.78. The number of nitrogens with one attached hydrogen (secondary N) is 1. The van der Waals surface area contributed by atoms with E-state index in [1.807, 2.05) is 0 Å². The van der Waals surface area contributed by atoms with Gasteiger partial charge in [0.15, 0.2) is 0 Å². The molecule has 0 radical (unpaired) electrons. The Balaban J connectivity index is 1.40. The molecule has 4 rings (SSSR count). The van der Waals surface area contributed by atoms with E-state index in [-0.39, 0.29) is 11.7 Å². The average Bonchev–Trinajstić information content (AvgIpc) is 3.13. The molecule has 1 amide bonds. The number of piperidine rings is 2. The Labute approximate surface area is 179 Å². The van der Waals surface area contributed by atoms with Gasteiger partial charge in [0, 0.05) is 12.6 Å². The van der Waals surface area contributed by atoms with E-state index in [4.69, 9.17) is 0 Å². The van der Waals surface area contributed by atoms with Gasteiger partial charge in [-0.2, -0.15) is 5.10 Å². The number of amides is 1. The third-order valence-electron chi connectivity index (χ3n) is 6.32. The van der Waals surface area contributed by atoms with Crippen LogP contribution in [0.15, 0.2) is 30.5 Å². The molecule has 2 aromatic rings. The Morgan fingerprint density at radius 2 is 1.90 bits per heavy atom. The van der Waals surface area contributed by atoms with Gasteiger partial charge in [0.25, 0.3) is 5.91 Å². The first-order valence-corrected chi connectivity index (χ1v) is 10.7. The van der Waals surface area contributed by atoms with Gasteiger partial charge in [0.2, 0.25) is 0 Å². The molecule has 3 heterocycles. The van der Waals surface area contributed by atoms with Crippen LogP contribution >= 0.6 is 0 Å². The van der Waals surface area contributed by atoms with Crippen LogP contribution in [0.1, 0.15) is 48.2 Å². The number of benzene rings is 1.